The summed E-state index contributed by atoms with van der Waals surface area (Å²) >= 11 is 0. The van der Waals surface area contributed by atoms with E-state index in [1.165, 1.54) is 0 Å². The number of nitrogens with one attached hydrogen (secondary N) is 3. The number of carbonyl (C=O) groups is 1. The molecule has 3 aromatic rings. The molecule has 0 bridgehead atoms. The fraction of sp³-hybridized carbons (Fsp3) is 0.200. The molecule has 1 aromatic heterocycles. The summed E-state index contributed by atoms with van der Waals surface area (Å²) in [6.45, 7) is 4.62. The molecule has 3 rings (SSSR count). The molecule has 0 spiro atoms. The Hall–Kier alpha value is -3.68. The van der Waals surface area contributed by atoms with Crippen molar-refractivity contribution in [3.8, 4) is 0 Å². The summed E-state index contributed by atoms with van der Waals surface area (Å²) in [6.07, 6.45) is 0. The predicted octanol–water partition coefficient (Wildman–Crippen LogP) is 3.15. The Labute approximate surface area is 163 Å². The molecule has 5 N–H and O–H groups in total. The zero-order valence-corrected chi connectivity index (χ0v) is 15.8. The van der Waals surface area contributed by atoms with Crippen LogP contribution in [0.1, 0.15) is 29.8 Å². The number of hydrogen-bond acceptors (Lipinski definition) is 7. The van der Waals surface area contributed by atoms with Gasteiger partial charge in [-0.15, -0.1) is 0 Å². The molecule has 0 saturated heterocycles. The van der Waals surface area contributed by atoms with Crippen LogP contribution in [-0.2, 0) is 6.54 Å². The number of primary amides is 1. The second-order valence-corrected chi connectivity index (χ2v) is 6.51. The summed E-state index contributed by atoms with van der Waals surface area (Å²) in [5.74, 6) is 0.846. The van der Waals surface area contributed by atoms with Crippen LogP contribution in [0.3, 0.4) is 0 Å². The molecular formula is C20H23N7O. The standard InChI is InChI=1S/C20H23N7O/c1-13(2)23-19-25-18(22-12-14-6-4-3-5-7-14)26-20(27-19)24-16-10-8-15(9-11-16)17(21)28/h3-11,13H,12H2,1-2H3,(H2,21,28)(H3,22,23,24,25,26,27). The fourth-order valence-electron chi connectivity index (χ4n) is 2.46. The summed E-state index contributed by atoms with van der Waals surface area (Å²) in [5.41, 5.74) is 7.57. The number of hydrogen-bond donors (Lipinski definition) is 4. The molecule has 8 heteroatoms. The van der Waals surface area contributed by atoms with Crippen molar-refractivity contribution in [2.45, 2.75) is 26.4 Å². The van der Waals surface area contributed by atoms with Gasteiger partial charge in [0.2, 0.25) is 23.8 Å². The molecule has 0 aliphatic rings. The Morgan fingerprint density at radius 2 is 1.57 bits per heavy atom. The number of carbonyl (C=O) groups excluding carboxylic acids is 1. The van der Waals surface area contributed by atoms with Crippen molar-refractivity contribution in [2.24, 2.45) is 5.73 Å². The van der Waals surface area contributed by atoms with Crippen LogP contribution in [0.15, 0.2) is 54.6 Å². The van der Waals surface area contributed by atoms with Gasteiger partial charge in [-0.3, -0.25) is 4.79 Å². The van der Waals surface area contributed by atoms with E-state index in [1.54, 1.807) is 24.3 Å². The van der Waals surface area contributed by atoms with E-state index in [4.69, 9.17) is 5.73 Å². The zero-order valence-electron chi connectivity index (χ0n) is 15.8. The first-order chi connectivity index (χ1) is 13.5. The SMILES string of the molecule is CC(C)Nc1nc(NCc2ccccc2)nc(Nc2ccc(C(N)=O)cc2)n1. The molecule has 28 heavy (non-hydrogen) atoms. The van der Waals surface area contributed by atoms with Crippen molar-refractivity contribution >= 4 is 29.4 Å². The molecule has 1 heterocycles. The van der Waals surface area contributed by atoms with E-state index < -0.39 is 5.91 Å². The van der Waals surface area contributed by atoms with Crippen LogP contribution in [-0.4, -0.2) is 26.9 Å². The van der Waals surface area contributed by atoms with Gasteiger partial charge in [0.05, 0.1) is 0 Å². The maximum absolute atomic E-state index is 11.2. The monoisotopic (exact) mass is 377 g/mol. The molecule has 0 saturated carbocycles. The van der Waals surface area contributed by atoms with Gasteiger partial charge in [-0.1, -0.05) is 30.3 Å². The first-order valence-corrected chi connectivity index (χ1v) is 8.97. The van der Waals surface area contributed by atoms with Crippen LogP contribution in [0.2, 0.25) is 0 Å². The Bertz CT molecular complexity index is 927. The number of amides is 1. The van der Waals surface area contributed by atoms with Crippen LogP contribution < -0.4 is 21.7 Å². The van der Waals surface area contributed by atoms with Gasteiger partial charge in [-0.05, 0) is 43.7 Å². The number of nitrogens with two attached hydrogens (primary N) is 1. The van der Waals surface area contributed by atoms with Gasteiger partial charge in [-0.25, -0.2) is 0 Å². The lowest BCUT2D eigenvalue weighted by Crippen LogP contribution is -2.15. The molecule has 0 unspecified atom stereocenters. The van der Waals surface area contributed by atoms with Gasteiger partial charge < -0.3 is 21.7 Å². The van der Waals surface area contributed by atoms with Crippen LogP contribution in [0, 0.1) is 0 Å². The molecule has 0 radical (unpaired) electrons. The lowest BCUT2D eigenvalue weighted by molar-refractivity contribution is 0.100. The molecule has 144 valence electrons. The van der Waals surface area contributed by atoms with E-state index in [0.29, 0.717) is 30.0 Å². The smallest absolute Gasteiger partial charge is 0.248 e. The van der Waals surface area contributed by atoms with Gasteiger partial charge in [0.25, 0.3) is 0 Å². The van der Waals surface area contributed by atoms with Gasteiger partial charge in [-0.2, -0.15) is 15.0 Å². The topological polar surface area (TPSA) is 118 Å². The number of benzene rings is 2. The van der Waals surface area contributed by atoms with E-state index in [-0.39, 0.29) is 6.04 Å². The predicted molar refractivity (Wildman–Crippen MR) is 111 cm³/mol. The largest absolute Gasteiger partial charge is 0.366 e. The summed E-state index contributed by atoms with van der Waals surface area (Å²) in [6, 6.07) is 17.0. The lowest BCUT2D eigenvalue weighted by Gasteiger charge is -2.13. The highest BCUT2D eigenvalue weighted by Crippen LogP contribution is 2.17. The third kappa shape index (κ3) is 5.41. The van der Waals surface area contributed by atoms with Crippen molar-refractivity contribution in [2.75, 3.05) is 16.0 Å². The summed E-state index contributed by atoms with van der Waals surface area (Å²) in [7, 11) is 0. The van der Waals surface area contributed by atoms with Gasteiger partial charge in [0, 0.05) is 23.8 Å². The minimum Gasteiger partial charge on any atom is -0.366 e. The van der Waals surface area contributed by atoms with Gasteiger partial charge in [0.1, 0.15) is 0 Å². The van der Waals surface area contributed by atoms with Crippen LogP contribution in [0.4, 0.5) is 23.5 Å². The third-order valence-electron chi connectivity index (χ3n) is 3.77. The van der Waals surface area contributed by atoms with Crippen LogP contribution in [0.5, 0.6) is 0 Å². The number of aromatic nitrogens is 3. The highest BCUT2D eigenvalue weighted by Gasteiger charge is 2.09. The van der Waals surface area contributed by atoms with Crippen molar-refractivity contribution < 1.29 is 4.79 Å². The molecule has 2 aromatic carbocycles. The number of anilines is 4. The van der Waals surface area contributed by atoms with E-state index >= 15 is 0 Å². The minimum atomic E-state index is -0.470. The van der Waals surface area contributed by atoms with Gasteiger partial charge in [0.15, 0.2) is 0 Å². The second kappa shape index (κ2) is 8.81. The van der Waals surface area contributed by atoms with E-state index in [0.717, 1.165) is 11.3 Å². The molecule has 0 aliphatic heterocycles. The molecule has 0 aliphatic carbocycles. The maximum atomic E-state index is 11.2. The Balaban J connectivity index is 1.79. The second-order valence-electron chi connectivity index (χ2n) is 6.51. The zero-order chi connectivity index (χ0) is 19.9. The summed E-state index contributed by atoms with van der Waals surface area (Å²) < 4.78 is 0. The quantitative estimate of drug-likeness (QED) is 0.476. The first-order valence-electron chi connectivity index (χ1n) is 8.97. The first kappa shape index (κ1) is 19.1. The molecule has 0 fully saturated rings. The van der Waals surface area contributed by atoms with Crippen molar-refractivity contribution in [1.29, 1.82) is 0 Å². The highest BCUT2D eigenvalue weighted by atomic mass is 16.1. The molecule has 0 atom stereocenters. The fourth-order valence-corrected chi connectivity index (χ4v) is 2.46. The van der Waals surface area contributed by atoms with Gasteiger partial charge >= 0.3 is 0 Å². The van der Waals surface area contributed by atoms with Crippen LogP contribution >= 0.6 is 0 Å². The van der Waals surface area contributed by atoms with Crippen LogP contribution in [0.25, 0.3) is 0 Å². The Kier molecular flexibility index (Phi) is 6.01. The average Bonchev–Trinajstić information content (AvgIpc) is 2.67. The summed E-state index contributed by atoms with van der Waals surface area (Å²) in [4.78, 5) is 24.5. The number of rotatable bonds is 8. The minimum absolute atomic E-state index is 0.173. The van der Waals surface area contributed by atoms with Crippen molar-refractivity contribution in [3.05, 3.63) is 65.7 Å². The van der Waals surface area contributed by atoms with E-state index in [1.807, 2.05) is 44.2 Å². The number of nitrogens with zero attached hydrogens (tertiary/aromatic N) is 3. The summed E-state index contributed by atoms with van der Waals surface area (Å²) in [5, 5.41) is 9.54. The molecular weight excluding hydrogens is 354 g/mol. The van der Waals surface area contributed by atoms with Crippen molar-refractivity contribution in [1.82, 2.24) is 15.0 Å². The van der Waals surface area contributed by atoms with E-state index in [2.05, 4.69) is 30.9 Å². The van der Waals surface area contributed by atoms with Crippen molar-refractivity contribution in [3.63, 3.8) is 0 Å². The molecule has 8 nitrogen and oxygen atoms in total. The third-order valence-corrected chi connectivity index (χ3v) is 3.77. The van der Waals surface area contributed by atoms with E-state index in [9.17, 15) is 4.79 Å². The molecule has 1 amide bonds. The lowest BCUT2D eigenvalue weighted by atomic mass is 10.2. The Morgan fingerprint density at radius 3 is 2.21 bits per heavy atom. The highest BCUT2D eigenvalue weighted by molar-refractivity contribution is 5.93. The normalized spacial score (nSPS) is 10.5. The Morgan fingerprint density at radius 1 is 0.929 bits per heavy atom. The average molecular weight is 377 g/mol. The maximum Gasteiger partial charge on any atom is 0.248 e.